The van der Waals surface area contributed by atoms with Crippen LogP contribution in [-0.4, -0.2) is 28.5 Å². The van der Waals surface area contributed by atoms with Crippen molar-refractivity contribution >= 4 is 22.8 Å². The number of unbranched alkanes of at least 4 members (excludes halogenated alkanes) is 3. The van der Waals surface area contributed by atoms with Crippen molar-refractivity contribution in [1.82, 2.24) is 10.3 Å². The van der Waals surface area contributed by atoms with Crippen molar-refractivity contribution in [3.05, 3.63) is 46.0 Å². The molecule has 128 valence electrons. The Hall–Kier alpha value is -2.70. The van der Waals surface area contributed by atoms with E-state index in [0.717, 1.165) is 19.3 Å². The van der Waals surface area contributed by atoms with E-state index in [9.17, 15) is 18.8 Å². The smallest absolute Gasteiger partial charge is 0.303 e. The molecule has 1 amide bonds. The molecular formula is C17H19FN2O4. The van der Waals surface area contributed by atoms with E-state index in [1.54, 1.807) is 0 Å². The number of rotatable bonds is 8. The zero-order chi connectivity index (χ0) is 17.5. The van der Waals surface area contributed by atoms with E-state index in [1.807, 2.05) is 0 Å². The van der Waals surface area contributed by atoms with Gasteiger partial charge in [-0.1, -0.05) is 12.8 Å². The zero-order valence-electron chi connectivity index (χ0n) is 13.1. The van der Waals surface area contributed by atoms with Gasteiger partial charge in [0.1, 0.15) is 5.82 Å². The summed E-state index contributed by atoms with van der Waals surface area (Å²) in [7, 11) is 0. The summed E-state index contributed by atoms with van der Waals surface area (Å²) in [4.78, 5) is 36.7. The van der Waals surface area contributed by atoms with Crippen LogP contribution in [0.3, 0.4) is 0 Å². The van der Waals surface area contributed by atoms with Crippen molar-refractivity contribution in [3.63, 3.8) is 0 Å². The molecule has 0 aliphatic heterocycles. The van der Waals surface area contributed by atoms with E-state index >= 15 is 0 Å². The number of hydrogen-bond donors (Lipinski definition) is 3. The molecular weight excluding hydrogens is 315 g/mol. The molecule has 3 N–H and O–H groups in total. The molecule has 1 aromatic heterocycles. The standard InChI is InChI=1S/C17H19FN2O4/c18-11-6-7-12-13(10-15(21)20-14(12)9-11)17(24)19-8-4-2-1-3-5-16(22)23/h6-7,9-10H,1-5,8H2,(H,19,24)(H,20,21)(H,22,23). The molecule has 0 aliphatic carbocycles. The highest BCUT2D eigenvalue weighted by molar-refractivity contribution is 6.05. The first-order valence-electron chi connectivity index (χ1n) is 7.80. The number of pyridine rings is 1. The minimum atomic E-state index is -0.805. The number of H-pyrrole nitrogens is 1. The molecule has 0 radical (unpaired) electrons. The number of hydrogen-bond acceptors (Lipinski definition) is 3. The van der Waals surface area contributed by atoms with Crippen LogP contribution in [0.15, 0.2) is 29.1 Å². The molecule has 1 heterocycles. The van der Waals surface area contributed by atoms with Crippen molar-refractivity contribution in [2.45, 2.75) is 32.1 Å². The number of halogens is 1. The van der Waals surface area contributed by atoms with Crippen LogP contribution in [0.25, 0.3) is 10.9 Å². The predicted octanol–water partition coefficient (Wildman–Crippen LogP) is 2.43. The lowest BCUT2D eigenvalue weighted by Crippen LogP contribution is -2.26. The Bertz CT molecular complexity index is 801. The number of aromatic amines is 1. The number of carboxylic acids is 1. The number of carboxylic acid groups (broad SMARTS) is 1. The van der Waals surface area contributed by atoms with Crippen LogP contribution in [-0.2, 0) is 4.79 Å². The van der Waals surface area contributed by atoms with E-state index in [0.29, 0.717) is 18.4 Å². The summed E-state index contributed by atoms with van der Waals surface area (Å²) < 4.78 is 13.2. The topological polar surface area (TPSA) is 99.3 Å². The van der Waals surface area contributed by atoms with Crippen molar-refractivity contribution < 1.29 is 19.1 Å². The van der Waals surface area contributed by atoms with Gasteiger partial charge >= 0.3 is 5.97 Å². The number of aromatic nitrogens is 1. The fourth-order valence-corrected chi connectivity index (χ4v) is 2.47. The Morgan fingerprint density at radius 3 is 2.62 bits per heavy atom. The van der Waals surface area contributed by atoms with Gasteiger partial charge in [0.25, 0.3) is 5.91 Å². The number of carbonyl (C=O) groups excluding carboxylic acids is 1. The molecule has 0 saturated heterocycles. The fourth-order valence-electron chi connectivity index (χ4n) is 2.47. The minimum absolute atomic E-state index is 0.154. The largest absolute Gasteiger partial charge is 0.481 e. The van der Waals surface area contributed by atoms with Crippen molar-refractivity contribution in [1.29, 1.82) is 0 Å². The maximum absolute atomic E-state index is 13.2. The molecule has 0 unspecified atom stereocenters. The summed E-state index contributed by atoms with van der Waals surface area (Å²) in [5.41, 5.74) is 0.0212. The Balaban J connectivity index is 1.92. The average Bonchev–Trinajstić information content (AvgIpc) is 2.52. The second-order valence-corrected chi connectivity index (χ2v) is 5.55. The van der Waals surface area contributed by atoms with Crippen LogP contribution in [0.1, 0.15) is 42.5 Å². The van der Waals surface area contributed by atoms with Gasteiger partial charge in [-0.05, 0) is 31.0 Å². The van der Waals surface area contributed by atoms with Gasteiger partial charge in [0, 0.05) is 24.4 Å². The van der Waals surface area contributed by atoms with Gasteiger partial charge in [-0.3, -0.25) is 14.4 Å². The van der Waals surface area contributed by atoms with Gasteiger partial charge in [0.2, 0.25) is 5.56 Å². The van der Waals surface area contributed by atoms with E-state index in [1.165, 1.54) is 24.3 Å². The van der Waals surface area contributed by atoms with E-state index < -0.39 is 17.3 Å². The quantitative estimate of drug-likeness (QED) is 0.646. The first kappa shape index (κ1) is 17.7. The monoisotopic (exact) mass is 334 g/mol. The summed E-state index contributed by atoms with van der Waals surface area (Å²) in [5.74, 6) is -1.68. The molecule has 24 heavy (non-hydrogen) atoms. The van der Waals surface area contributed by atoms with Gasteiger partial charge in [0.05, 0.1) is 11.1 Å². The number of benzene rings is 1. The van der Waals surface area contributed by atoms with Crippen LogP contribution in [0, 0.1) is 5.82 Å². The second-order valence-electron chi connectivity index (χ2n) is 5.55. The third-order valence-corrected chi connectivity index (χ3v) is 3.65. The Morgan fingerprint density at radius 1 is 1.12 bits per heavy atom. The first-order valence-corrected chi connectivity index (χ1v) is 7.80. The summed E-state index contributed by atoms with van der Waals surface area (Å²) in [5, 5.41) is 11.7. The lowest BCUT2D eigenvalue weighted by molar-refractivity contribution is -0.137. The molecule has 2 aromatic rings. The Morgan fingerprint density at radius 2 is 1.88 bits per heavy atom. The summed E-state index contributed by atoms with van der Waals surface area (Å²) in [6, 6.07) is 5.07. The molecule has 1 aromatic carbocycles. The molecule has 7 heteroatoms. The molecule has 0 fully saturated rings. The fraction of sp³-hybridized carbons (Fsp3) is 0.353. The number of amides is 1. The number of fused-ring (bicyclic) bond motifs is 1. The molecule has 0 saturated carbocycles. The third-order valence-electron chi connectivity index (χ3n) is 3.65. The summed E-state index contributed by atoms with van der Waals surface area (Å²) >= 11 is 0. The van der Waals surface area contributed by atoms with Crippen molar-refractivity contribution in [3.8, 4) is 0 Å². The highest BCUT2D eigenvalue weighted by atomic mass is 19.1. The van der Waals surface area contributed by atoms with Crippen molar-refractivity contribution in [2.75, 3.05) is 6.54 Å². The first-order chi connectivity index (χ1) is 11.5. The van der Waals surface area contributed by atoms with Crippen LogP contribution in [0.4, 0.5) is 4.39 Å². The van der Waals surface area contributed by atoms with E-state index in [2.05, 4.69) is 10.3 Å². The second kappa shape index (κ2) is 8.24. The summed E-state index contributed by atoms with van der Waals surface area (Å²) in [6.07, 6.45) is 3.10. The highest BCUT2D eigenvalue weighted by Crippen LogP contribution is 2.16. The number of nitrogens with one attached hydrogen (secondary N) is 2. The van der Waals surface area contributed by atoms with Crippen LogP contribution >= 0.6 is 0 Å². The minimum Gasteiger partial charge on any atom is -0.481 e. The van der Waals surface area contributed by atoms with Crippen LogP contribution < -0.4 is 10.9 Å². The molecule has 6 nitrogen and oxygen atoms in total. The van der Waals surface area contributed by atoms with Gasteiger partial charge in [0.15, 0.2) is 0 Å². The van der Waals surface area contributed by atoms with Crippen LogP contribution in [0.2, 0.25) is 0 Å². The maximum atomic E-state index is 13.2. The average molecular weight is 334 g/mol. The number of aliphatic carboxylic acids is 1. The van der Waals surface area contributed by atoms with Gasteiger partial charge in [-0.25, -0.2) is 4.39 Å². The predicted molar refractivity (Wildman–Crippen MR) is 87.6 cm³/mol. The van der Waals surface area contributed by atoms with Gasteiger partial charge in [-0.15, -0.1) is 0 Å². The van der Waals surface area contributed by atoms with Crippen molar-refractivity contribution in [2.24, 2.45) is 0 Å². The third kappa shape index (κ3) is 4.91. The lowest BCUT2D eigenvalue weighted by Gasteiger charge is -2.08. The Kier molecular flexibility index (Phi) is 6.06. The Labute approximate surface area is 137 Å². The normalized spacial score (nSPS) is 10.7. The van der Waals surface area contributed by atoms with E-state index in [4.69, 9.17) is 5.11 Å². The van der Waals surface area contributed by atoms with E-state index in [-0.39, 0.29) is 23.4 Å². The number of carbonyl (C=O) groups is 2. The summed E-state index contributed by atoms with van der Waals surface area (Å²) in [6.45, 7) is 0.432. The maximum Gasteiger partial charge on any atom is 0.303 e. The molecule has 0 aliphatic rings. The molecule has 0 spiro atoms. The zero-order valence-corrected chi connectivity index (χ0v) is 13.1. The van der Waals surface area contributed by atoms with Gasteiger partial charge < -0.3 is 15.4 Å². The lowest BCUT2D eigenvalue weighted by atomic mass is 10.1. The highest BCUT2D eigenvalue weighted by Gasteiger charge is 2.11. The molecule has 0 atom stereocenters. The molecule has 2 rings (SSSR count). The SMILES string of the molecule is O=C(O)CCCCCCNC(=O)c1cc(=O)[nH]c2cc(F)ccc12. The molecule has 0 bridgehead atoms. The van der Waals surface area contributed by atoms with Crippen LogP contribution in [0.5, 0.6) is 0 Å². The van der Waals surface area contributed by atoms with Gasteiger partial charge in [-0.2, -0.15) is 0 Å².